The van der Waals surface area contributed by atoms with Crippen molar-refractivity contribution in [2.45, 2.75) is 13.8 Å². The Morgan fingerprint density at radius 1 is 1.00 bits per heavy atom. The lowest BCUT2D eigenvalue weighted by Crippen LogP contribution is -2.20. The van der Waals surface area contributed by atoms with Gasteiger partial charge in [-0.1, -0.05) is 24.3 Å². The van der Waals surface area contributed by atoms with Gasteiger partial charge in [0.1, 0.15) is 0 Å². The maximum absolute atomic E-state index is 13.1. The molecule has 0 spiro atoms. The summed E-state index contributed by atoms with van der Waals surface area (Å²) in [5, 5.41) is 12.2. The molecule has 4 aromatic rings. The highest BCUT2D eigenvalue weighted by atomic mass is 16.3. The van der Waals surface area contributed by atoms with Gasteiger partial charge in [-0.05, 0) is 55.3 Å². The summed E-state index contributed by atoms with van der Waals surface area (Å²) in [6.07, 6.45) is 4.88. The second-order valence-corrected chi connectivity index (χ2v) is 6.66. The van der Waals surface area contributed by atoms with Crippen LogP contribution in [0.5, 0.6) is 5.88 Å². The number of fused-ring (bicyclic) bond motifs is 1. The van der Waals surface area contributed by atoms with Gasteiger partial charge in [0.2, 0.25) is 5.88 Å². The Kier molecular flexibility index (Phi) is 4.49. The predicted octanol–water partition coefficient (Wildman–Crippen LogP) is 4.46. The summed E-state index contributed by atoms with van der Waals surface area (Å²) in [7, 11) is 0. The molecule has 0 saturated heterocycles. The summed E-state index contributed by atoms with van der Waals surface area (Å²) >= 11 is 0. The molecule has 5 nitrogen and oxygen atoms in total. The zero-order chi connectivity index (χ0) is 19.7. The third-order valence-electron chi connectivity index (χ3n) is 4.84. The largest absolute Gasteiger partial charge is 0.494 e. The second-order valence-electron chi connectivity index (χ2n) is 6.66. The molecule has 5 heteroatoms. The smallest absolute Gasteiger partial charge is 0.265 e. The molecule has 2 aromatic carbocycles. The molecule has 28 heavy (non-hydrogen) atoms. The normalized spacial score (nSPS) is 11.4. The maximum atomic E-state index is 13.1. The first kappa shape index (κ1) is 17.7. The number of benzene rings is 2. The molecule has 2 aromatic heterocycles. The van der Waals surface area contributed by atoms with Crippen molar-refractivity contribution in [3.63, 3.8) is 0 Å². The van der Waals surface area contributed by atoms with Gasteiger partial charge in [-0.25, -0.2) is 4.57 Å². The first-order chi connectivity index (χ1) is 13.6. The van der Waals surface area contributed by atoms with Crippen LogP contribution in [0.1, 0.15) is 16.7 Å². The molecule has 0 saturated carbocycles. The Morgan fingerprint density at radius 3 is 2.50 bits per heavy atom. The van der Waals surface area contributed by atoms with Crippen molar-refractivity contribution >= 4 is 22.7 Å². The first-order valence-electron chi connectivity index (χ1n) is 8.94. The SMILES string of the molecule is Cc1ccc(-n2c(O)c(C=Nc3cccnc3)c3ccccc3c2=O)cc1C. The number of aromatic nitrogens is 2. The number of aromatic hydroxyl groups is 1. The molecule has 0 bridgehead atoms. The average Bonchev–Trinajstić information content (AvgIpc) is 2.71. The van der Waals surface area contributed by atoms with Crippen LogP contribution in [0, 0.1) is 13.8 Å². The predicted molar refractivity (Wildman–Crippen MR) is 112 cm³/mol. The highest BCUT2D eigenvalue weighted by molar-refractivity contribution is 6.02. The van der Waals surface area contributed by atoms with E-state index in [9.17, 15) is 9.90 Å². The van der Waals surface area contributed by atoms with Crippen LogP contribution in [-0.4, -0.2) is 20.9 Å². The van der Waals surface area contributed by atoms with Gasteiger partial charge < -0.3 is 5.11 Å². The highest BCUT2D eigenvalue weighted by Crippen LogP contribution is 2.27. The van der Waals surface area contributed by atoms with E-state index < -0.39 is 0 Å². The van der Waals surface area contributed by atoms with Gasteiger partial charge in [-0.2, -0.15) is 0 Å². The van der Waals surface area contributed by atoms with Gasteiger partial charge in [-0.3, -0.25) is 14.8 Å². The van der Waals surface area contributed by atoms with Crippen LogP contribution in [0.3, 0.4) is 0 Å². The van der Waals surface area contributed by atoms with E-state index in [0.29, 0.717) is 27.7 Å². The van der Waals surface area contributed by atoms with Gasteiger partial charge >= 0.3 is 0 Å². The fraction of sp³-hybridized carbons (Fsp3) is 0.0870. The fourth-order valence-corrected chi connectivity index (χ4v) is 3.16. The number of rotatable bonds is 3. The molecule has 0 aliphatic rings. The Labute approximate surface area is 162 Å². The molecule has 0 aliphatic heterocycles. The second kappa shape index (κ2) is 7.12. The van der Waals surface area contributed by atoms with Crippen LogP contribution in [0.25, 0.3) is 16.5 Å². The maximum Gasteiger partial charge on any atom is 0.265 e. The summed E-state index contributed by atoms with van der Waals surface area (Å²) in [4.78, 5) is 21.6. The quantitative estimate of drug-likeness (QED) is 0.542. The zero-order valence-corrected chi connectivity index (χ0v) is 15.6. The number of hydrogen-bond donors (Lipinski definition) is 1. The minimum Gasteiger partial charge on any atom is -0.494 e. The van der Waals surface area contributed by atoms with Gasteiger partial charge in [0.25, 0.3) is 5.56 Å². The van der Waals surface area contributed by atoms with Gasteiger partial charge in [0.15, 0.2) is 0 Å². The van der Waals surface area contributed by atoms with Crippen LogP contribution < -0.4 is 5.56 Å². The van der Waals surface area contributed by atoms with E-state index in [2.05, 4.69) is 9.98 Å². The van der Waals surface area contributed by atoms with E-state index in [-0.39, 0.29) is 11.4 Å². The van der Waals surface area contributed by atoms with Gasteiger partial charge in [-0.15, -0.1) is 0 Å². The highest BCUT2D eigenvalue weighted by Gasteiger charge is 2.16. The molecule has 0 aliphatic carbocycles. The fourth-order valence-electron chi connectivity index (χ4n) is 3.16. The van der Waals surface area contributed by atoms with Gasteiger partial charge in [0, 0.05) is 23.2 Å². The van der Waals surface area contributed by atoms with E-state index in [1.165, 1.54) is 4.57 Å². The van der Waals surface area contributed by atoms with Crippen LogP contribution in [-0.2, 0) is 0 Å². The molecule has 0 unspecified atom stereocenters. The molecule has 0 fully saturated rings. The van der Waals surface area contributed by atoms with Crippen molar-refractivity contribution in [2.24, 2.45) is 4.99 Å². The summed E-state index contributed by atoms with van der Waals surface area (Å²) in [5.74, 6) is -0.139. The lowest BCUT2D eigenvalue weighted by molar-refractivity contribution is 0.436. The van der Waals surface area contributed by atoms with Crippen LogP contribution in [0.2, 0.25) is 0 Å². The monoisotopic (exact) mass is 369 g/mol. The Balaban J connectivity index is 2.00. The van der Waals surface area contributed by atoms with Crippen LogP contribution in [0.15, 0.2) is 76.8 Å². The molecule has 1 N–H and O–H groups in total. The third kappa shape index (κ3) is 3.07. The minimum absolute atomic E-state index is 0.139. The first-order valence-corrected chi connectivity index (χ1v) is 8.94. The number of aryl methyl sites for hydroxylation is 2. The number of aliphatic imine (C=N–C) groups is 1. The van der Waals surface area contributed by atoms with Crippen molar-refractivity contribution in [2.75, 3.05) is 0 Å². The molecular weight excluding hydrogens is 350 g/mol. The number of pyridine rings is 2. The van der Waals surface area contributed by atoms with E-state index in [0.717, 1.165) is 11.1 Å². The Bertz CT molecular complexity index is 1260. The number of nitrogens with zero attached hydrogens (tertiary/aromatic N) is 3. The molecular formula is C23H19N3O2. The van der Waals surface area contributed by atoms with Crippen molar-refractivity contribution in [1.29, 1.82) is 0 Å². The van der Waals surface area contributed by atoms with E-state index in [1.807, 2.05) is 56.3 Å². The average molecular weight is 369 g/mol. The van der Waals surface area contributed by atoms with Crippen LogP contribution >= 0.6 is 0 Å². The zero-order valence-electron chi connectivity index (χ0n) is 15.6. The Hall–Kier alpha value is -3.73. The topological polar surface area (TPSA) is 67.5 Å². The van der Waals surface area contributed by atoms with Crippen molar-refractivity contribution in [3.8, 4) is 11.6 Å². The third-order valence-corrected chi connectivity index (χ3v) is 4.84. The van der Waals surface area contributed by atoms with Crippen molar-refractivity contribution < 1.29 is 5.11 Å². The van der Waals surface area contributed by atoms with Crippen molar-refractivity contribution in [3.05, 3.63) is 94.0 Å². The molecule has 0 atom stereocenters. The summed E-state index contributed by atoms with van der Waals surface area (Å²) in [6, 6.07) is 16.5. The molecule has 0 radical (unpaired) electrons. The Morgan fingerprint density at radius 2 is 1.79 bits per heavy atom. The van der Waals surface area contributed by atoms with Crippen LogP contribution in [0.4, 0.5) is 5.69 Å². The van der Waals surface area contributed by atoms with Gasteiger partial charge in [0.05, 0.1) is 23.1 Å². The minimum atomic E-state index is -0.269. The number of hydrogen-bond acceptors (Lipinski definition) is 4. The molecule has 0 amide bonds. The lowest BCUT2D eigenvalue weighted by atomic mass is 10.1. The van der Waals surface area contributed by atoms with Crippen molar-refractivity contribution in [1.82, 2.24) is 9.55 Å². The van der Waals surface area contributed by atoms with E-state index in [4.69, 9.17) is 0 Å². The summed E-state index contributed by atoms with van der Waals surface area (Å²) < 4.78 is 1.33. The molecule has 138 valence electrons. The standard InChI is InChI=1S/C23H19N3O2/c1-15-9-10-18(12-16(15)2)26-22(27)20-8-4-3-7-19(20)21(23(26)28)14-25-17-6-5-11-24-13-17/h3-14,28H,1-2H3. The molecule has 2 heterocycles. The lowest BCUT2D eigenvalue weighted by Gasteiger charge is -2.14. The molecule has 4 rings (SSSR count). The van der Waals surface area contributed by atoms with E-state index in [1.54, 1.807) is 30.7 Å². The summed E-state index contributed by atoms with van der Waals surface area (Å²) in [5.41, 5.74) is 3.66. The van der Waals surface area contributed by atoms with E-state index >= 15 is 0 Å². The summed E-state index contributed by atoms with van der Waals surface area (Å²) in [6.45, 7) is 3.99.